The number of carbonyl (C=O) groups is 3. The van der Waals surface area contributed by atoms with Crippen LogP contribution < -0.4 is 5.32 Å². The number of carbonyl (C=O) groups excluding carboxylic acids is 3. The van der Waals surface area contributed by atoms with Crippen LogP contribution >= 0.6 is 11.8 Å². The normalized spacial score (nSPS) is 24.9. The van der Waals surface area contributed by atoms with Crippen LogP contribution in [0.2, 0.25) is 0 Å². The molecule has 2 fully saturated rings. The van der Waals surface area contributed by atoms with Crippen LogP contribution in [0.4, 0.5) is 0 Å². The summed E-state index contributed by atoms with van der Waals surface area (Å²) in [6.07, 6.45) is 5.70. The lowest BCUT2D eigenvalue weighted by Crippen LogP contribution is -2.72. The molecule has 2 amide bonds. The Kier molecular flexibility index (Phi) is 5.51. The molecular formula is C23H20N2O4S. The molecule has 1 N–H and O–H groups in total. The lowest BCUT2D eigenvalue weighted by atomic mass is 9.87. The zero-order valence-corrected chi connectivity index (χ0v) is 16.9. The van der Waals surface area contributed by atoms with Crippen molar-refractivity contribution in [3.8, 4) is 12.3 Å². The molecule has 152 valence electrons. The number of esters is 1. The Bertz CT molecular complexity index is 952. The van der Waals surface area contributed by atoms with E-state index in [0.717, 1.165) is 11.1 Å². The van der Waals surface area contributed by atoms with Gasteiger partial charge in [-0.15, -0.1) is 18.2 Å². The van der Waals surface area contributed by atoms with Crippen LogP contribution in [-0.2, 0) is 19.1 Å². The van der Waals surface area contributed by atoms with Gasteiger partial charge in [0.1, 0.15) is 11.4 Å². The van der Waals surface area contributed by atoms with Gasteiger partial charge >= 0.3 is 5.97 Å². The average Bonchev–Trinajstić information content (AvgIpc) is 2.81. The summed E-state index contributed by atoms with van der Waals surface area (Å²) in [4.78, 5) is 37.9. The van der Waals surface area contributed by atoms with E-state index >= 15 is 0 Å². The van der Waals surface area contributed by atoms with Gasteiger partial charge in [0.2, 0.25) is 12.3 Å². The summed E-state index contributed by atoms with van der Waals surface area (Å²) in [7, 11) is 0. The Morgan fingerprint density at radius 3 is 2.33 bits per heavy atom. The molecule has 0 spiro atoms. The Labute approximate surface area is 179 Å². The second kappa shape index (κ2) is 8.25. The van der Waals surface area contributed by atoms with Crippen molar-refractivity contribution >= 4 is 30.0 Å². The molecule has 6 nitrogen and oxygen atoms in total. The van der Waals surface area contributed by atoms with Crippen LogP contribution in [-0.4, -0.2) is 46.9 Å². The number of hydrogen-bond donors (Lipinski definition) is 1. The molecule has 0 bridgehead atoms. The molecule has 2 aliphatic heterocycles. The Morgan fingerprint density at radius 1 is 1.20 bits per heavy atom. The van der Waals surface area contributed by atoms with Crippen molar-refractivity contribution in [3.63, 3.8) is 0 Å². The first kappa shape index (κ1) is 20.0. The lowest BCUT2D eigenvalue weighted by molar-refractivity contribution is -0.161. The molecule has 2 heterocycles. The van der Waals surface area contributed by atoms with Gasteiger partial charge in [-0.25, -0.2) is 0 Å². The molecule has 2 aromatic carbocycles. The summed E-state index contributed by atoms with van der Waals surface area (Å²) in [6, 6.07) is 18.4. The smallest absolute Gasteiger partial charge is 0.327 e. The maximum Gasteiger partial charge on any atom is 0.327 e. The summed E-state index contributed by atoms with van der Waals surface area (Å²) < 4.78 is 5.97. The first-order valence-corrected chi connectivity index (χ1v) is 10.5. The number of hydrogen-bond acceptors (Lipinski definition) is 5. The fourth-order valence-corrected chi connectivity index (χ4v) is 5.24. The third kappa shape index (κ3) is 3.44. The van der Waals surface area contributed by atoms with Crippen molar-refractivity contribution in [2.75, 3.05) is 12.3 Å². The highest BCUT2D eigenvalue weighted by Gasteiger charge is 2.57. The largest absolute Gasteiger partial charge is 0.451 e. The molecule has 2 aliphatic rings. The quantitative estimate of drug-likeness (QED) is 0.335. The van der Waals surface area contributed by atoms with Gasteiger partial charge in [-0.1, -0.05) is 66.6 Å². The number of β-lactam (4-membered cyclic amide) rings is 1. The van der Waals surface area contributed by atoms with Crippen molar-refractivity contribution in [1.82, 2.24) is 10.2 Å². The monoisotopic (exact) mass is 420 g/mol. The zero-order chi connectivity index (χ0) is 21.1. The van der Waals surface area contributed by atoms with E-state index in [4.69, 9.17) is 11.2 Å². The van der Waals surface area contributed by atoms with E-state index in [1.54, 1.807) is 0 Å². The van der Waals surface area contributed by atoms with Crippen LogP contribution in [0, 0.1) is 17.8 Å². The molecule has 2 unspecified atom stereocenters. The van der Waals surface area contributed by atoms with Crippen molar-refractivity contribution < 1.29 is 19.1 Å². The van der Waals surface area contributed by atoms with Gasteiger partial charge in [-0.3, -0.25) is 14.4 Å². The third-order valence-electron chi connectivity index (χ3n) is 5.43. The van der Waals surface area contributed by atoms with Gasteiger partial charge in [-0.2, -0.15) is 0 Å². The number of benzene rings is 2. The number of nitrogens with zero attached hydrogens (tertiary/aromatic N) is 1. The number of rotatable bonds is 6. The van der Waals surface area contributed by atoms with Crippen molar-refractivity contribution in [3.05, 3.63) is 71.8 Å². The topological polar surface area (TPSA) is 75.7 Å². The van der Waals surface area contributed by atoms with E-state index in [1.165, 1.54) is 16.7 Å². The van der Waals surface area contributed by atoms with Gasteiger partial charge in [0.15, 0.2) is 11.5 Å². The standard InChI is InChI=1S/C23H20N2O4S/c1-2-23(13-25-20(27)18(24-15-26)21(25)30-14-23)22(28)29-19(16-9-5-3-6-10-16)17-11-7-4-8-12-17/h1,3-12,15,18-19,21H,13-14H2,(H,24,26)/t18?,21-,23?/m1/s1. The zero-order valence-electron chi connectivity index (χ0n) is 16.1. The fourth-order valence-electron chi connectivity index (χ4n) is 3.74. The molecule has 3 atom stereocenters. The summed E-state index contributed by atoms with van der Waals surface area (Å²) >= 11 is 1.38. The van der Waals surface area contributed by atoms with Crippen LogP contribution in [0.15, 0.2) is 60.7 Å². The number of nitrogens with one attached hydrogen (secondary N) is 1. The van der Waals surface area contributed by atoms with Gasteiger partial charge < -0.3 is 15.0 Å². The van der Waals surface area contributed by atoms with Crippen LogP contribution in [0.3, 0.4) is 0 Å². The number of thioether (sulfide) groups is 1. The number of terminal acetylenes is 1. The molecule has 0 radical (unpaired) electrons. The predicted molar refractivity (Wildman–Crippen MR) is 113 cm³/mol. The van der Waals surface area contributed by atoms with E-state index in [9.17, 15) is 14.4 Å². The van der Waals surface area contributed by atoms with E-state index in [2.05, 4.69) is 11.2 Å². The summed E-state index contributed by atoms with van der Waals surface area (Å²) in [5, 5.41) is 2.31. The molecule has 2 aromatic rings. The minimum absolute atomic E-state index is 0.0756. The maximum atomic E-state index is 13.3. The Morgan fingerprint density at radius 2 is 1.80 bits per heavy atom. The second-order valence-corrected chi connectivity index (χ2v) is 8.37. The van der Waals surface area contributed by atoms with Crippen LogP contribution in [0.5, 0.6) is 0 Å². The number of amides is 2. The molecule has 30 heavy (non-hydrogen) atoms. The fraction of sp³-hybridized carbons (Fsp3) is 0.261. The van der Waals surface area contributed by atoms with Crippen LogP contribution in [0.1, 0.15) is 17.2 Å². The first-order chi connectivity index (χ1) is 14.6. The van der Waals surface area contributed by atoms with E-state index in [1.807, 2.05) is 60.7 Å². The molecule has 4 rings (SSSR count). The van der Waals surface area contributed by atoms with Crippen molar-refractivity contribution in [2.24, 2.45) is 5.41 Å². The SMILES string of the molecule is C#CC1(C(=O)OC(c2ccccc2)c2ccccc2)CS[C@@H]2C(NC=O)C(=O)N2C1. The van der Waals surface area contributed by atoms with Gasteiger partial charge in [0.05, 0.1) is 6.54 Å². The summed E-state index contributed by atoms with van der Waals surface area (Å²) in [6.45, 7) is 0.0756. The number of fused-ring (bicyclic) bond motifs is 1. The molecule has 0 aromatic heterocycles. The van der Waals surface area contributed by atoms with Crippen LogP contribution in [0.25, 0.3) is 0 Å². The van der Waals surface area contributed by atoms with Crippen molar-refractivity contribution in [2.45, 2.75) is 17.5 Å². The molecule has 0 saturated carbocycles. The summed E-state index contributed by atoms with van der Waals surface area (Å²) in [5.74, 6) is 2.13. The lowest BCUT2D eigenvalue weighted by Gasteiger charge is -2.52. The highest BCUT2D eigenvalue weighted by molar-refractivity contribution is 8.00. The second-order valence-electron chi connectivity index (χ2n) is 7.26. The molecule has 7 heteroatoms. The first-order valence-electron chi connectivity index (χ1n) is 9.50. The molecule has 0 aliphatic carbocycles. The Hall–Kier alpha value is -3.24. The Balaban J connectivity index is 1.57. The van der Waals surface area contributed by atoms with E-state index in [0.29, 0.717) is 12.2 Å². The highest BCUT2D eigenvalue weighted by atomic mass is 32.2. The number of ether oxygens (including phenoxy) is 1. The minimum Gasteiger partial charge on any atom is -0.451 e. The maximum absolute atomic E-state index is 13.3. The third-order valence-corrected chi connectivity index (χ3v) is 6.95. The van der Waals surface area contributed by atoms with Crippen molar-refractivity contribution in [1.29, 1.82) is 0 Å². The van der Waals surface area contributed by atoms with Gasteiger partial charge in [0.25, 0.3) is 0 Å². The van der Waals surface area contributed by atoms with E-state index in [-0.39, 0.29) is 17.8 Å². The van der Waals surface area contributed by atoms with E-state index < -0.39 is 23.5 Å². The van der Waals surface area contributed by atoms with Gasteiger partial charge in [0, 0.05) is 5.75 Å². The average molecular weight is 420 g/mol. The molecule has 2 saturated heterocycles. The minimum atomic E-state index is -1.25. The highest BCUT2D eigenvalue weighted by Crippen LogP contribution is 2.43. The summed E-state index contributed by atoms with van der Waals surface area (Å²) in [5.41, 5.74) is 0.423. The molecular weight excluding hydrogens is 400 g/mol. The predicted octanol–water partition coefficient (Wildman–Crippen LogP) is 1.97. The van der Waals surface area contributed by atoms with Gasteiger partial charge in [-0.05, 0) is 11.1 Å².